The molecule has 0 aromatic rings. The Morgan fingerprint density at radius 1 is 1.64 bits per heavy atom. The minimum absolute atomic E-state index is 0.187. The van der Waals surface area contributed by atoms with E-state index in [-0.39, 0.29) is 17.4 Å². The summed E-state index contributed by atoms with van der Waals surface area (Å²) >= 11 is 0. The average molecular weight is 157 g/mol. The van der Waals surface area contributed by atoms with E-state index in [1.807, 2.05) is 13.8 Å². The van der Waals surface area contributed by atoms with Gasteiger partial charge in [0.15, 0.2) is 0 Å². The Morgan fingerprint density at radius 2 is 2.18 bits per heavy atom. The normalized spacial score (nSPS) is 20.3. The van der Waals surface area contributed by atoms with Gasteiger partial charge in [0.05, 0.1) is 18.1 Å². The molecule has 0 radical (unpaired) electrons. The largest absolute Gasteiger partial charge is 0.378 e. The third-order valence-electron chi connectivity index (χ3n) is 2.07. The lowest BCUT2D eigenvalue weighted by molar-refractivity contribution is -0.126. The second kappa shape index (κ2) is 2.81. The van der Waals surface area contributed by atoms with E-state index < -0.39 is 0 Å². The van der Waals surface area contributed by atoms with Crippen molar-refractivity contribution < 1.29 is 9.53 Å². The summed E-state index contributed by atoms with van der Waals surface area (Å²) in [7, 11) is 0. The molecule has 0 unspecified atom stereocenters. The Balaban J connectivity index is 2.31. The fourth-order valence-electron chi connectivity index (χ4n) is 0.939. The van der Waals surface area contributed by atoms with Gasteiger partial charge in [0.1, 0.15) is 0 Å². The minimum Gasteiger partial charge on any atom is -0.378 e. The van der Waals surface area contributed by atoms with E-state index in [4.69, 9.17) is 10.5 Å². The van der Waals surface area contributed by atoms with Crippen LogP contribution in [-0.4, -0.2) is 18.6 Å². The Labute approximate surface area is 66.9 Å². The van der Waals surface area contributed by atoms with Crippen LogP contribution in [0.2, 0.25) is 0 Å². The zero-order chi connectivity index (χ0) is 8.48. The second-order valence-electron chi connectivity index (χ2n) is 3.50. The van der Waals surface area contributed by atoms with Crippen LogP contribution < -0.4 is 5.73 Å². The molecular formula is C8H15NO2. The molecule has 0 atom stereocenters. The van der Waals surface area contributed by atoms with Crippen LogP contribution in [-0.2, 0) is 9.53 Å². The van der Waals surface area contributed by atoms with E-state index in [1.165, 1.54) is 0 Å². The van der Waals surface area contributed by atoms with E-state index in [0.717, 1.165) is 12.8 Å². The van der Waals surface area contributed by atoms with Crippen molar-refractivity contribution in [1.29, 1.82) is 0 Å². The van der Waals surface area contributed by atoms with Gasteiger partial charge in [-0.3, -0.25) is 4.79 Å². The molecule has 1 saturated carbocycles. The van der Waals surface area contributed by atoms with Gasteiger partial charge in [-0.1, -0.05) is 0 Å². The van der Waals surface area contributed by atoms with Crippen molar-refractivity contribution in [3.05, 3.63) is 0 Å². The van der Waals surface area contributed by atoms with Gasteiger partial charge in [-0.05, 0) is 26.7 Å². The molecule has 0 bridgehead atoms. The standard InChI is InChI=1S/C8H15NO2/c1-6(2)11-5-8(3-4-8)7(9)10/h6H,3-5H2,1-2H3,(H2,9,10). The summed E-state index contributed by atoms with van der Waals surface area (Å²) in [5.74, 6) is -0.210. The highest BCUT2D eigenvalue weighted by molar-refractivity contribution is 5.83. The van der Waals surface area contributed by atoms with Gasteiger partial charge in [0.25, 0.3) is 0 Å². The molecule has 0 aliphatic heterocycles. The average Bonchev–Trinajstić information content (AvgIpc) is 2.63. The summed E-state index contributed by atoms with van der Waals surface area (Å²) in [5, 5.41) is 0. The molecule has 0 saturated heterocycles. The zero-order valence-corrected chi connectivity index (χ0v) is 7.09. The van der Waals surface area contributed by atoms with Crippen LogP contribution in [0.4, 0.5) is 0 Å². The molecular weight excluding hydrogens is 142 g/mol. The third kappa shape index (κ3) is 1.93. The Morgan fingerprint density at radius 3 is 2.45 bits per heavy atom. The second-order valence-corrected chi connectivity index (χ2v) is 3.50. The van der Waals surface area contributed by atoms with Crippen LogP contribution >= 0.6 is 0 Å². The maximum Gasteiger partial charge on any atom is 0.225 e. The van der Waals surface area contributed by atoms with Crippen LogP contribution in [0.25, 0.3) is 0 Å². The molecule has 3 nitrogen and oxygen atoms in total. The summed E-state index contributed by atoms with van der Waals surface area (Å²) in [6.07, 6.45) is 1.98. The quantitative estimate of drug-likeness (QED) is 0.652. The van der Waals surface area contributed by atoms with Crippen LogP contribution in [0, 0.1) is 5.41 Å². The van der Waals surface area contributed by atoms with Crippen molar-refractivity contribution in [1.82, 2.24) is 0 Å². The molecule has 3 heteroatoms. The monoisotopic (exact) mass is 157 g/mol. The van der Waals surface area contributed by atoms with Crippen molar-refractivity contribution in [2.45, 2.75) is 32.8 Å². The van der Waals surface area contributed by atoms with Crippen molar-refractivity contribution in [2.24, 2.45) is 11.1 Å². The first kappa shape index (κ1) is 8.53. The summed E-state index contributed by atoms with van der Waals surface area (Å²) in [6.45, 7) is 4.41. The topological polar surface area (TPSA) is 52.3 Å². The summed E-state index contributed by atoms with van der Waals surface area (Å²) < 4.78 is 5.33. The third-order valence-corrected chi connectivity index (χ3v) is 2.07. The Bertz CT molecular complexity index is 161. The van der Waals surface area contributed by atoms with Crippen LogP contribution in [0.3, 0.4) is 0 Å². The number of hydrogen-bond acceptors (Lipinski definition) is 2. The van der Waals surface area contributed by atoms with Gasteiger partial charge in [-0.2, -0.15) is 0 Å². The van der Waals surface area contributed by atoms with Gasteiger partial charge >= 0.3 is 0 Å². The summed E-state index contributed by atoms with van der Waals surface area (Å²) in [6, 6.07) is 0. The Kier molecular flexibility index (Phi) is 2.18. The molecule has 0 spiro atoms. The maximum absolute atomic E-state index is 10.8. The smallest absolute Gasteiger partial charge is 0.225 e. The lowest BCUT2D eigenvalue weighted by Crippen LogP contribution is -2.29. The number of hydrogen-bond donors (Lipinski definition) is 1. The molecule has 0 heterocycles. The molecule has 64 valence electrons. The predicted molar refractivity (Wildman–Crippen MR) is 41.9 cm³/mol. The first-order valence-corrected chi connectivity index (χ1v) is 3.98. The molecule has 0 aromatic heterocycles. The first-order chi connectivity index (χ1) is 5.07. The van der Waals surface area contributed by atoms with Gasteiger partial charge < -0.3 is 10.5 Å². The minimum atomic E-state index is -0.301. The molecule has 1 aliphatic carbocycles. The van der Waals surface area contributed by atoms with E-state index in [2.05, 4.69) is 0 Å². The van der Waals surface area contributed by atoms with Crippen molar-refractivity contribution >= 4 is 5.91 Å². The molecule has 11 heavy (non-hydrogen) atoms. The number of rotatable bonds is 4. The SMILES string of the molecule is CC(C)OCC1(C(N)=O)CC1. The number of carbonyl (C=O) groups is 1. The number of carbonyl (C=O) groups excluding carboxylic acids is 1. The van der Waals surface area contributed by atoms with Gasteiger partial charge in [-0.15, -0.1) is 0 Å². The summed E-state index contributed by atoms with van der Waals surface area (Å²) in [5.41, 5.74) is 4.90. The number of ether oxygens (including phenoxy) is 1. The lowest BCUT2D eigenvalue weighted by atomic mass is 10.1. The molecule has 2 N–H and O–H groups in total. The number of nitrogens with two attached hydrogens (primary N) is 1. The predicted octanol–water partition coefficient (Wildman–Crippen LogP) is 0.677. The molecule has 1 amide bonds. The highest BCUT2D eigenvalue weighted by atomic mass is 16.5. The van der Waals surface area contributed by atoms with Gasteiger partial charge in [0, 0.05) is 0 Å². The molecule has 1 aliphatic rings. The van der Waals surface area contributed by atoms with E-state index in [1.54, 1.807) is 0 Å². The first-order valence-electron chi connectivity index (χ1n) is 3.98. The fraction of sp³-hybridized carbons (Fsp3) is 0.875. The number of amides is 1. The highest BCUT2D eigenvalue weighted by Crippen LogP contribution is 2.45. The van der Waals surface area contributed by atoms with Gasteiger partial charge in [0.2, 0.25) is 5.91 Å². The van der Waals surface area contributed by atoms with Gasteiger partial charge in [-0.25, -0.2) is 0 Å². The maximum atomic E-state index is 10.8. The zero-order valence-electron chi connectivity index (χ0n) is 7.09. The van der Waals surface area contributed by atoms with Crippen LogP contribution in [0.15, 0.2) is 0 Å². The van der Waals surface area contributed by atoms with Crippen LogP contribution in [0.5, 0.6) is 0 Å². The molecule has 0 aromatic carbocycles. The highest BCUT2D eigenvalue weighted by Gasteiger charge is 2.48. The van der Waals surface area contributed by atoms with Crippen molar-refractivity contribution in [2.75, 3.05) is 6.61 Å². The van der Waals surface area contributed by atoms with Crippen LogP contribution in [0.1, 0.15) is 26.7 Å². The van der Waals surface area contributed by atoms with Crippen molar-refractivity contribution in [3.8, 4) is 0 Å². The molecule has 1 rings (SSSR count). The molecule has 1 fully saturated rings. The summed E-state index contributed by atoms with van der Waals surface area (Å²) in [4.78, 5) is 10.8. The van der Waals surface area contributed by atoms with Crippen molar-refractivity contribution in [3.63, 3.8) is 0 Å². The van der Waals surface area contributed by atoms with E-state index in [0.29, 0.717) is 6.61 Å². The lowest BCUT2D eigenvalue weighted by Gasteiger charge is -2.13. The van der Waals surface area contributed by atoms with E-state index in [9.17, 15) is 4.79 Å². The fourth-order valence-corrected chi connectivity index (χ4v) is 0.939. The van der Waals surface area contributed by atoms with E-state index >= 15 is 0 Å². The number of primary amides is 1. The Hall–Kier alpha value is -0.570.